The van der Waals surface area contributed by atoms with Crippen LogP contribution in [0.1, 0.15) is 62.1 Å². The van der Waals surface area contributed by atoms with Crippen molar-refractivity contribution in [2.24, 2.45) is 17.8 Å². The van der Waals surface area contributed by atoms with Crippen LogP contribution >= 0.6 is 0 Å². The van der Waals surface area contributed by atoms with Crippen LogP contribution in [0.4, 0.5) is 5.69 Å². The maximum atomic E-state index is 13.1. The molecular weight excluding hydrogens is 476 g/mol. The zero-order valence-corrected chi connectivity index (χ0v) is 22.4. The van der Waals surface area contributed by atoms with Crippen molar-refractivity contribution in [3.05, 3.63) is 53.6 Å². The van der Waals surface area contributed by atoms with Gasteiger partial charge in [-0.15, -0.1) is 0 Å². The van der Waals surface area contributed by atoms with Gasteiger partial charge in [0.2, 0.25) is 5.91 Å². The first-order valence-electron chi connectivity index (χ1n) is 14.6. The molecule has 0 aromatic heterocycles. The second-order valence-corrected chi connectivity index (χ2v) is 12.1. The Kier molecular flexibility index (Phi) is 6.33. The van der Waals surface area contributed by atoms with Gasteiger partial charge in [-0.05, 0) is 111 Å². The van der Waals surface area contributed by atoms with E-state index in [1.54, 1.807) is 7.11 Å². The van der Waals surface area contributed by atoms with Crippen molar-refractivity contribution in [1.29, 1.82) is 0 Å². The molecule has 202 valence electrons. The molecule has 38 heavy (non-hydrogen) atoms. The van der Waals surface area contributed by atoms with Crippen LogP contribution < -0.4 is 25.6 Å². The van der Waals surface area contributed by atoms with E-state index in [9.17, 15) is 4.79 Å². The zero-order valence-electron chi connectivity index (χ0n) is 22.4. The Hall–Kier alpha value is -2.61. The molecule has 0 radical (unpaired) electrons. The molecule has 1 amide bonds. The molecule has 2 saturated heterocycles. The molecule has 7 rings (SSSR count). The molecule has 1 spiro atoms. The second-order valence-electron chi connectivity index (χ2n) is 12.1. The van der Waals surface area contributed by atoms with Gasteiger partial charge in [0.25, 0.3) is 0 Å². The number of rotatable bonds is 7. The Morgan fingerprint density at radius 1 is 1.00 bits per heavy atom. The number of hydrogen-bond acceptors (Lipinski definition) is 6. The van der Waals surface area contributed by atoms with Gasteiger partial charge in [0, 0.05) is 18.3 Å². The van der Waals surface area contributed by atoms with Gasteiger partial charge in [0.1, 0.15) is 18.1 Å². The van der Waals surface area contributed by atoms with Crippen LogP contribution in [0.25, 0.3) is 0 Å². The van der Waals surface area contributed by atoms with E-state index in [1.807, 2.05) is 12.1 Å². The lowest BCUT2D eigenvalue weighted by Crippen LogP contribution is -2.37. The number of hydrazine groups is 1. The van der Waals surface area contributed by atoms with Crippen LogP contribution in [0, 0.1) is 17.8 Å². The fourth-order valence-electron chi connectivity index (χ4n) is 7.95. The number of piperidine rings is 1. The number of amides is 1. The number of benzene rings is 2. The van der Waals surface area contributed by atoms with Gasteiger partial charge in [-0.2, -0.15) is 0 Å². The SMILES string of the molecule is COc1ccc2c(c1)[C@]1(C[C@H]1C1CCC3C(C1)NNC3c1ccc(OCCN3CCCCC3)cc1)C(=O)N2. The molecule has 2 saturated carbocycles. The molecule has 3 heterocycles. The van der Waals surface area contributed by atoms with E-state index in [1.165, 1.54) is 50.8 Å². The van der Waals surface area contributed by atoms with Crippen LogP contribution in [-0.4, -0.2) is 50.2 Å². The molecule has 2 aliphatic carbocycles. The number of nitrogens with one attached hydrogen (secondary N) is 3. The number of anilines is 1. The van der Waals surface area contributed by atoms with Gasteiger partial charge in [-0.3, -0.25) is 15.1 Å². The van der Waals surface area contributed by atoms with Crippen molar-refractivity contribution in [2.75, 3.05) is 38.7 Å². The third-order valence-electron chi connectivity index (χ3n) is 10.1. The monoisotopic (exact) mass is 516 g/mol. The fraction of sp³-hybridized carbons (Fsp3) is 0.581. The summed E-state index contributed by atoms with van der Waals surface area (Å²) in [7, 11) is 1.69. The summed E-state index contributed by atoms with van der Waals surface area (Å²) >= 11 is 0. The van der Waals surface area contributed by atoms with Crippen molar-refractivity contribution in [3.8, 4) is 11.5 Å². The Morgan fingerprint density at radius 2 is 1.82 bits per heavy atom. The Bertz CT molecular complexity index is 1180. The second kappa shape index (κ2) is 9.85. The molecular formula is C31H40N4O3. The predicted octanol–water partition coefficient (Wildman–Crippen LogP) is 4.40. The third kappa shape index (κ3) is 4.19. The lowest BCUT2D eigenvalue weighted by atomic mass is 9.72. The van der Waals surface area contributed by atoms with E-state index in [-0.39, 0.29) is 11.3 Å². The van der Waals surface area contributed by atoms with E-state index < -0.39 is 0 Å². The highest BCUT2D eigenvalue weighted by Crippen LogP contribution is 2.65. The topological polar surface area (TPSA) is 74.9 Å². The summed E-state index contributed by atoms with van der Waals surface area (Å²) in [5.74, 6) is 3.51. The van der Waals surface area contributed by atoms with Gasteiger partial charge in [-0.25, -0.2) is 5.43 Å². The van der Waals surface area contributed by atoms with E-state index in [0.717, 1.165) is 48.7 Å². The summed E-state index contributed by atoms with van der Waals surface area (Å²) in [6.45, 7) is 4.20. The number of ether oxygens (including phenoxy) is 2. The average molecular weight is 517 g/mol. The molecule has 2 aromatic rings. The normalized spacial score (nSPS) is 34.0. The molecule has 2 aromatic carbocycles. The van der Waals surface area contributed by atoms with Crippen LogP contribution in [0.2, 0.25) is 0 Å². The van der Waals surface area contributed by atoms with Gasteiger partial charge in [0.05, 0.1) is 18.6 Å². The minimum atomic E-state index is -0.351. The lowest BCUT2D eigenvalue weighted by Gasteiger charge is -2.34. The third-order valence-corrected chi connectivity index (χ3v) is 10.1. The molecule has 5 aliphatic rings. The van der Waals surface area contributed by atoms with Crippen molar-refractivity contribution in [3.63, 3.8) is 0 Å². The minimum Gasteiger partial charge on any atom is -0.497 e. The number of likely N-dealkylation sites (tertiary alicyclic amines) is 1. The highest BCUT2D eigenvalue weighted by atomic mass is 16.5. The van der Waals surface area contributed by atoms with Crippen molar-refractivity contribution in [2.45, 2.75) is 62.4 Å². The van der Waals surface area contributed by atoms with E-state index in [4.69, 9.17) is 9.47 Å². The Balaban J connectivity index is 0.959. The smallest absolute Gasteiger partial charge is 0.235 e. The molecule has 7 heteroatoms. The Labute approximate surface area is 225 Å². The standard InChI is InChI=1S/C31H40N4O3/c1-37-23-10-12-27-25(18-23)31(30(36)32-27)19-26(31)21-7-11-24-28(17-21)33-34-29(24)20-5-8-22(9-6-20)38-16-15-35-13-3-2-4-14-35/h5-6,8-10,12,18,21,24,26,28-29,33-34H,2-4,7,11,13-17,19H2,1H3,(H,32,36)/t21?,24?,26-,28?,29?,31-/m0/s1. The molecule has 3 aliphatic heterocycles. The average Bonchev–Trinajstić information content (AvgIpc) is 3.48. The molecule has 4 fully saturated rings. The maximum absolute atomic E-state index is 13.1. The zero-order chi connectivity index (χ0) is 25.7. The number of fused-ring (bicyclic) bond motifs is 3. The molecule has 0 bridgehead atoms. The van der Waals surface area contributed by atoms with Gasteiger partial charge in [-0.1, -0.05) is 18.6 Å². The largest absolute Gasteiger partial charge is 0.497 e. The molecule has 6 atom stereocenters. The predicted molar refractivity (Wildman–Crippen MR) is 147 cm³/mol. The summed E-state index contributed by atoms with van der Waals surface area (Å²) < 4.78 is 11.5. The van der Waals surface area contributed by atoms with Crippen molar-refractivity contribution in [1.82, 2.24) is 15.8 Å². The van der Waals surface area contributed by atoms with Gasteiger partial charge >= 0.3 is 0 Å². The number of hydrogen-bond donors (Lipinski definition) is 3. The summed E-state index contributed by atoms with van der Waals surface area (Å²) in [4.78, 5) is 15.6. The van der Waals surface area contributed by atoms with Crippen molar-refractivity contribution >= 4 is 11.6 Å². The molecule has 7 nitrogen and oxygen atoms in total. The number of nitrogens with zero attached hydrogens (tertiary/aromatic N) is 1. The quantitative estimate of drug-likeness (QED) is 0.507. The van der Waals surface area contributed by atoms with Crippen LogP contribution in [0.15, 0.2) is 42.5 Å². The minimum absolute atomic E-state index is 0.182. The number of carbonyl (C=O) groups excluding carboxylic acids is 1. The fourth-order valence-corrected chi connectivity index (χ4v) is 7.95. The number of carbonyl (C=O) groups is 1. The lowest BCUT2D eigenvalue weighted by molar-refractivity contribution is -0.118. The van der Waals surface area contributed by atoms with Crippen LogP contribution in [-0.2, 0) is 10.2 Å². The first-order valence-corrected chi connectivity index (χ1v) is 14.6. The first kappa shape index (κ1) is 24.4. The van der Waals surface area contributed by atoms with Gasteiger partial charge in [0.15, 0.2) is 0 Å². The summed E-state index contributed by atoms with van der Waals surface area (Å²) in [6.07, 6.45) is 8.43. The summed E-state index contributed by atoms with van der Waals surface area (Å²) in [5, 5.41) is 3.14. The van der Waals surface area contributed by atoms with Crippen LogP contribution in [0.5, 0.6) is 11.5 Å². The van der Waals surface area contributed by atoms with Crippen LogP contribution in [0.3, 0.4) is 0 Å². The Morgan fingerprint density at radius 3 is 2.63 bits per heavy atom. The summed E-state index contributed by atoms with van der Waals surface area (Å²) in [5.41, 5.74) is 10.3. The molecule has 3 N–H and O–H groups in total. The van der Waals surface area contributed by atoms with E-state index in [0.29, 0.717) is 29.8 Å². The highest BCUT2D eigenvalue weighted by Gasteiger charge is 2.67. The number of methoxy groups -OCH3 is 1. The molecule has 4 unspecified atom stereocenters. The highest BCUT2D eigenvalue weighted by molar-refractivity contribution is 6.09. The van der Waals surface area contributed by atoms with Crippen molar-refractivity contribution < 1.29 is 14.3 Å². The first-order chi connectivity index (χ1) is 18.7. The van der Waals surface area contributed by atoms with E-state index in [2.05, 4.69) is 51.4 Å². The van der Waals surface area contributed by atoms with E-state index >= 15 is 0 Å². The van der Waals surface area contributed by atoms with Gasteiger partial charge < -0.3 is 14.8 Å². The maximum Gasteiger partial charge on any atom is 0.235 e. The summed E-state index contributed by atoms with van der Waals surface area (Å²) in [6, 6.07) is 15.5.